The van der Waals surface area contributed by atoms with Gasteiger partial charge in [0.05, 0.1) is 6.61 Å². The average Bonchev–Trinajstić information content (AvgIpc) is 2.65. The van der Waals surface area contributed by atoms with E-state index < -0.39 is 10.0 Å². The first-order valence-electron chi connectivity index (χ1n) is 7.32. The maximum absolute atomic E-state index is 12.7. The molecule has 1 aromatic rings. The summed E-state index contributed by atoms with van der Waals surface area (Å²) in [7, 11) is -3.38. The van der Waals surface area contributed by atoms with E-state index in [0.29, 0.717) is 43.1 Å². The van der Waals surface area contributed by atoms with Gasteiger partial charge in [-0.25, -0.2) is 8.42 Å². The quantitative estimate of drug-likeness (QED) is 0.895. The van der Waals surface area contributed by atoms with Gasteiger partial charge in [0.2, 0.25) is 0 Å². The predicted molar refractivity (Wildman–Crippen MR) is 85.2 cm³/mol. The molecule has 2 rings (SSSR count). The number of nitrogens with one attached hydrogen (secondary N) is 1. The fourth-order valence-electron chi connectivity index (χ4n) is 2.18. The molecule has 1 N–H and O–H groups in total. The van der Waals surface area contributed by atoms with Gasteiger partial charge in [-0.2, -0.15) is 4.31 Å². The zero-order valence-electron chi connectivity index (χ0n) is 12.9. The van der Waals surface area contributed by atoms with Crippen LogP contribution in [0.2, 0.25) is 0 Å². The van der Waals surface area contributed by atoms with E-state index in [2.05, 4.69) is 19.2 Å². The zero-order chi connectivity index (χ0) is 15.5. The minimum absolute atomic E-state index is 0.384. The van der Waals surface area contributed by atoms with Crippen LogP contribution in [0.5, 0.6) is 0 Å². The Kier molecular flexibility index (Phi) is 5.79. The molecule has 21 heavy (non-hydrogen) atoms. The predicted octanol–water partition coefficient (Wildman–Crippen LogP) is 1.97. The first kappa shape index (κ1) is 16.9. The molecular weight excluding hydrogens is 308 g/mol. The number of sulfonamides is 1. The Morgan fingerprint density at radius 2 is 2.14 bits per heavy atom. The topological polar surface area (TPSA) is 58.6 Å². The van der Waals surface area contributed by atoms with Gasteiger partial charge in [-0.15, -0.1) is 11.3 Å². The lowest BCUT2D eigenvalue weighted by atomic mass is 10.3. The molecule has 0 spiro atoms. The molecular formula is C14H24N2O3S2. The van der Waals surface area contributed by atoms with Gasteiger partial charge in [-0.1, -0.05) is 13.8 Å². The van der Waals surface area contributed by atoms with Crippen LogP contribution < -0.4 is 5.32 Å². The summed E-state index contributed by atoms with van der Waals surface area (Å²) in [5.41, 5.74) is 1.04. The third-order valence-corrected chi connectivity index (χ3v) is 7.03. The number of hydrogen-bond donors (Lipinski definition) is 1. The van der Waals surface area contributed by atoms with Crippen LogP contribution in [0.1, 0.15) is 30.7 Å². The van der Waals surface area contributed by atoms with Crippen LogP contribution in [-0.4, -0.2) is 45.1 Å². The Hall–Kier alpha value is -0.470. The maximum Gasteiger partial charge on any atom is 0.252 e. The molecule has 120 valence electrons. The normalized spacial score (nSPS) is 18.1. The van der Waals surface area contributed by atoms with Crippen LogP contribution in [-0.2, 0) is 21.3 Å². The van der Waals surface area contributed by atoms with Gasteiger partial charge in [0.1, 0.15) is 4.21 Å². The molecule has 0 radical (unpaired) electrons. The van der Waals surface area contributed by atoms with Crippen molar-refractivity contribution in [3.05, 3.63) is 16.5 Å². The maximum atomic E-state index is 12.7. The summed E-state index contributed by atoms with van der Waals surface area (Å²) < 4.78 is 32.7. The standard InChI is InChI=1S/C14H24N2O3S2/c1-11(2)15-10-13-12(3)9-14(20-13)21(17,18)16-5-4-7-19-8-6-16/h9,11,15H,4-8,10H2,1-3H3. The summed E-state index contributed by atoms with van der Waals surface area (Å²) >= 11 is 1.38. The van der Waals surface area contributed by atoms with Gasteiger partial charge in [0.15, 0.2) is 0 Å². The van der Waals surface area contributed by atoms with E-state index in [1.165, 1.54) is 11.3 Å². The lowest BCUT2D eigenvalue weighted by Gasteiger charge is -2.17. The summed E-state index contributed by atoms with van der Waals surface area (Å²) in [6, 6.07) is 2.18. The number of hydrogen-bond acceptors (Lipinski definition) is 5. The monoisotopic (exact) mass is 332 g/mol. The number of rotatable bonds is 5. The van der Waals surface area contributed by atoms with Gasteiger partial charge in [-0.05, 0) is 25.0 Å². The lowest BCUT2D eigenvalue weighted by molar-refractivity contribution is 0.148. The summed E-state index contributed by atoms with van der Waals surface area (Å²) in [5, 5.41) is 3.34. The van der Waals surface area contributed by atoms with E-state index in [0.717, 1.165) is 16.9 Å². The Bertz CT molecular complexity index is 559. The number of aryl methyl sites for hydroxylation is 1. The van der Waals surface area contributed by atoms with E-state index in [1.54, 1.807) is 10.4 Å². The first-order valence-corrected chi connectivity index (χ1v) is 9.57. The van der Waals surface area contributed by atoms with E-state index in [-0.39, 0.29) is 0 Å². The molecule has 0 aromatic carbocycles. The van der Waals surface area contributed by atoms with Crippen LogP contribution >= 0.6 is 11.3 Å². The second-order valence-corrected chi connectivity index (χ2v) is 8.88. The van der Waals surface area contributed by atoms with Gasteiger partial charge in [-0.3, -0.25) is 0 Å². The Morgan fingerprint density at radius 3 is 2.86 bits per heavy atom. The molecule has 0 unspecified atom stereocenters. The Morgan fingerprint density at radius 1 is 1.38 bits per heavy atom. The molecule has 0 saturated carbocycles. The van der Waals surface area contributed by atoms with Crippen molar-refractivity contribution in [1.82, 2.24) is 9.62 Å². The van der Waals surface area contributed by atoms with Crippen molar-refractivity contribution >= 4 is 21.4 Å². The highest BCUT2D eigenvalue weighted by atomic mass is 32.2. The van der Waals surface area contributed by atoms with E-state index in [9.17, 15) is 8.42 Å². The van der Waals surface area contributed by atoms with Gasteiger partial charge >= 0.3 is 0 Å². The SMILES string of the molecule is Cc1cc(S(=O)(=O)N2CCCOCC2)sc1CNC(C)C. The van der Waals surface area contributed by atoms with Crippen molar-refractivity contribution in [2.24, 2.45) is 0 Å². The minimum Gasteiger partial charge on any atom is -0.380 e. The molecule has 2 heterocycles. The zero-order valence-corrected chi connectivity index (χ0v) is 14.5. The number of thiophene rings is 1. The summed E-state index contributed by atoms with van der Waals surface area (Å²) in [6.07, 6.45) is 0.755. The summed E-state index contributed by atoms with van der Waals surface area (Å²) in [4.78, 5) is 1.09. The van der Waals surface area contributed by atoms with E-state index in [4.69, 9.17) is 4.74 Å². The Labute approximate surface area is 131 Å². The highest BCUT2D eigenvalue weighted by Gasteiger charge is 2.27. The van der Waals surface area contributed by atoms with Crippen LogP contribution in [0.15, 0.2) is 10.3 Å². The highest BCUT2D eigenvalue weighted by Crippen LogP contribution is 2.29. The summed E-state index contributed by atoms with van der Waals surface area (Å²) in [6.45, 7) is 8.95. The van der Waals surface area contributed by atoms with Crippen LogP contribution in [0.25, 0.3) is 0 Å². The van der Waals surface area contributed by atoms with Crippen molar-refractivity contribution in [2.75, 3.05) is 26.3 Å². The largest absolute Gasteiger partial charge is 0.380 e. The third kappa shape index (κ3) is 4.26. The van der Waals surface area contributed by atoms with Gasteiger partial charge in [0.25, 0.3) is 10.0 Å². The van der Waals surface area contributed by atoms with Gasteiger partial charge in [0, 0.05) is 37.2 Å². The van der Waals surface area contributed by atoms with E-state index >= 15 is 0 Å². The Balaban J connectivity index is 2.17. The molecule has 1 aromatic heterocycles. The lowest BCUT2D eigenvalue weighted by Crippen LogP contribution is -2.32. The van der Waals surface area contributed by atoms with Gasteiger partial charge < -0.3 is 10.1 Å². The van der Waals surface area contributed by atoms with Crippen LogP contribution in [0.3, 0.4) is 0 Å². The molecule has 5 nitrogen and oxygen atoms in total. The van der Waals surface area contributed by atoms with Crippen molar-refractivity contribution in [3.63, 3.8) is 0 Å². The van der Waals surface area contributed by atoms with Crippen LogP contribution in [0.4, 0.5) is 0 Å². The fourth-order valence-corrected chi connectivity index (χ4v) is 5.34. The third-order valence-electron chi connectivity index (χ3n) is 3.44. The van der Waals surface area contributed by atoms with E-state index in [1.807, 2.05) is 6.92 Å². The first-order chi connectivity index (χ1) is 9.91. The molecule has 7 heteroatoms. The average molecular weight is 332 g/mol. The number of nitrogens with zero attached hydrogens (tertiary/aromatic N) is 1. The smallest absolute Gasteiger partial charge is 0.252 e. The molecule has 1 aliphatic rings. The van der Waals surface area contributed by atoms with Crippen molar-refractivity contribution in [2.45, 2.75) is 44.0 Å². The molecule has 1 fully saturated rings. The minimum atomic E-state index is -3.38. The molecule has 0 aliphatic carbocycles. The molecule has 1 aliphatic heterocycles. The van der Waals surface area contributed by atoms with Crippen molar-refractivity contribution < 1.29 is 13.2 Å². The molecule has 0 bridgehead atoms. The second-order valence-electron chi connectivity index (χ2n) is 5.58. The van der Waals surface area contributed by atoms with Crippen molar-refractivity contribution in [3.8, 4) is 0 Å². The molecule has 0 amide bonds. The number of ether oxygens (including phenoxy) is 1. The van der Waals surface area contributed by atoms with Crippen LogP contribution in [0, 0.1) is 6.92 Å². The molecule has 1 saturated heterocycles. The van der Waals surface area contributed by atoms with Crippen molar-refractivity contribution in [1.29, 1.82) is 0 Å². The summed E-state index contributed by atoms with van der Waals surface area (Å²) in [5.74, 6) is 0. The highest BCUT2D eigenvalue weighted by molar-refractivity contribution is 7.91. The second kappa shape index (κ2) is 7.19. The fraction of sp³-hybridized carbons (Fsp3) is 0.714. The molecule has 0 atom stereocenters.